The second kappa shape index (κ2) is 8.57. The van der Waals surface area contributed by atoms with E-state index >= 15 is 0 Å². The number of fused-ring (bicyclic) bond motifs is 1. The van der Waals surface area contributed by atoms with Crippen molar-refractivity contribution in [3.05, 3.63) is 45.6 Å². The predicted octanol–water partition coefficient (Wildman–Crippen LogP) is 3.31. The highest BCUT2D eigenvalue weighted by atomic mass is 35.5. The van der Waals surface area contributed by atoms with E-state index in [0.717, 1.165) is 30.2 Å². The fraction of sp³-hybridized carbons (Fsp3) is 0.400. The van der Waals surface area contributed by atoms with Gasteiger partial charge in [-0.2, -0.15) is 5.26 Å². The van der Waals surface area contributed by atoms with Gasteiger partial charge >= 0.3 is 0 Å². The molecule has 164 valence electrons. The summed E-state index contributed by atoms with van der Waals surface area (Å²) < 4.78 is 54.3. The van der Waals surface area contributed by atoms with Crippen LogP contribution < -0.4 is 10.0 Å². The zero-order valence-corrected chi connectivity index (χ0v) is 18.0. The lowest BCUT2D eigenvalue weighted by Crippen LogP contribution is -2.40. The van der Waals surface area contributed by atoms with Crippen molar-refractivity contribution < 1.29 is 17.2 Å². The van der Waals surface area contributed by atoms with Gasteiger partial charge in [-0.3, -0.25) is 4.99 Å². The van der Waals surface area contributed by atoms with Crippen molar-refractivity contribution in [3.8, 4) is 6.07 Å². The lowest BCUT2D eigenvalue weighted by atomic mass is 9.92. The van der Waals surface area contributed by atoms with E-state index < -0.39 is 29.4 Å². The van der Waals surface area contributed by atoms with E-state index in [1.54, 1.807) is 12.1 Å². The number of aromatic nitrogens is 1. The summed E-state index contributed by atoms with van der Waals surface area (Å²) >= 11 is 6.20. The summed E-state index contributed by atoms with van der Waals surface area (Å²) in [6.45, 7) is -2.53. The number of hydrogen-bond acceptors (Lipinski definition) is 5. The van der Waals surface area contributed by atoms with Crippen molar-refractivity contribution in [1.29, 1.82) is 5.26 Å². The van der Waals surface area contributed by atoms with Gasteiger partial charge in [0, 0.05) is 22.7 Å². The molecule has 1 fully saturated rings. The first-order valence-electron chi connectivity index (χ1n) is 9.77. The van der Waals surface area contributed by atoms with Crippen LogP contribution in [-0.2, 0) is 10.0 Å². The Morgan fingerprint density at radius 2 is 2.10 bits per heavy atom. The van der Waals surface area contributed by atoms with Crippen LogP contribution in [0.4, 0.5) is 8.78 Å². The van der Waals surface area contributed by atoms with E-state index in [4.69, 9.17) is 11.6 Å². The molecule has 2 N–H and O–H groups in total. The van der Waals surface area contributed by atoms with Crippen LogP contribution in [-0.4, -0.2) is 44.8 Å². The smallest absolute Gasteiger partial charge is 0.240 e. The molecule has 31 heavy (non-hydrogen) atoms. The highest BCUT2D eigenvalue weighted by Gasteiger charge is 2.31. The molecule has 1 aliphatic heterocycles. The van der Waals surface area contributed by atoms with Crippen LogP contribution >= 0.6 is 11.6 Å². The Bertz CT molecular complexity index is 1220. The fourth-order valence-corrected chi connectivity index (χ4v) is 5.09. The van der Waals surface area contributed by atoms with Crippen LogP contribution in [0.15, 0.2) is 34.3 Å². The zero-order valence-electron chi connectivity index (χ0n) is 16.4. The van der Waals surface area contributed by atoms with E-state index in [0.29, 0.717) is 22.1 Å². The number of nitrogens with zero attached hydrogens (tertiary/aromatic N) is 3. The molecule has 1 aromatic heterocycles. The van der Waals surface area contributed by atoms with Crippen molar-refractivity contribution in [2.75, 3.05) is 19.9 Å². The van der Waals surface area contributed by atoms with Gasteiger partial charge < -0.3 is 9.88 Å². The molecular weight excluding hydrogens is 448 g/mol. The first-order chi connectivity index (χ1) is 14.9. The first-order valence-corrected chi connectivity index (χ1v) is 11.6. The molecule has 0 unspecified atom stereocenters. The number of amidine groups is 1. The van der Waals surface area contributed by atoms with E-state index in [-0.39, 0.29) is 17.5 Å². The molecule has 4 rings (SSSR count). The average molecular weight is 468 g/mol. The Morgan fingerprint density at radius 3 is 2.65 bits per heavy atom. The second-order valence-electron chi connectivity index (χ2n) is 7.50. The van der Waals surface area contributed by atoms with Crippen LogP contribution in [0.5, 0.6) is 0 Å². The summed E-state index contributed by atoms with van der Waals surface area (Å²) in [5.74, 6) is 0.363. The van der Waals surface area contributed by atoms with Gasteiger partial charge in [-0.1, -0.05) is 11.6 Å². The Hall–Kier alpha value is -2.48. The number of sulfonamides is 1. The molecule has 0 radical (unpaired) electrons. The van der Waals surface area contributed by atoms with Crippen LogP contribution in [0, 0.1) is 11.3 Å². The summed E-state index contributed by atoms with van der Waals surface area (Å²) in [6, 6.07) is 6.32. The van der Waals surface area contributed by atoms with Gasteiger partial charge in [-0.25, -0.2) is 21.9 Å². The van der Waals surface area contributed by atoms with Gasteiger partial charge in [0.2, 0.25) is 10.0 Å². The van der Waals surface area contributed by atoms with Gasteiger partial charge in [0.05, 0.1) is 28.6 Å². The maximum atomic E-state index is 12.7. The Balaban J connectivity index is 1.72. The van der Waals surface area contributed by atoms with Gasteiger partial charge in [-0.05, 0) is 37.5 Å². The highest BCUT2D eigenvalue weighted by molar-refractivity contribution is 7.93. The SMILES string of the molecule is N#Cc1c(C2=NCC(S(=O)(=O)NC(CF)CF)=CN2)n(C2CCC2)c2cc(Cl)ccc12. The third-order valence-corrected chi connectivity index (χ3v) is 7.36. The first kappa shape index (κ1) is 21.7. The predicted molar refractivity (Wildman–Crippen MR) is 115 cm³/mol. The quantitative estimate of drug-likeness (QED) is 0.652. The van der Waals surface area contributed by atoms with E-state index in [9.17, 15) is 22.5 Å². The van der Waals surface area contributed by atoms with Gasteiger partial charge in [0.1, 0.15) is 25.1 Å². The third kappa shape index (κ3) is 3.93. The molecule has 2 heterocycles. The van der Waals surface area contributed by atoms with Gasteiger partial charge in [0.25, 0.3) is 0 Å². The second-order valence-corrected chi connectivity index (χ2v) is 9.70. The molecule has 1 aliphatic carbocycles. The molecule has 2 aromatic rings. The molecular formula is C20H20ClF2N5O2S. The number of nitrogens with one attached hydrogen (secondary N) is 2. The third-order valence-electron chi connectivity index (χ3n) is 5.54. The highest BCUT2D eigenvalue weighted by Crippen LogP contribution is 2.39. The van der Waals surface area contributed by atoms with Crippen LogP contribution in [0.2, 0.25) is 5.02 Å². The lowest BCUT2D eigenvalue weighted by molar-refractivity contribution is 0.320. The number of nitriles is 1. The molecule has 0 bridgehead atoms. The summed E-state index contributed by atoms with van der Waals surface area (Å²) in [6.07, 6.45) is 4.23. The van der Waals surface area contributed by atoms with Gasteiger partial charge in [-0.15, -0.1) is 0 Å². The number of aliphatic imine (C=N–C) groups is 1. The largest absolute Gasteiger partial charge is 0.344 e. The van der Waals surface area contributed by atoms with E-state index in [1.165, 1.54) is 6.20 Å². The summed E-state index contributed by atoms with van der Waals surface area (Å²) in [7, 11) is -4.11. The summed E-state index contributed by atoms with van der Waals surface area (Å²) in [5, 5.41) is 14.0. The molecule has 0 atom stereocenters. The number of benzene rings is 1. The Morgan fingerprint density at radius 1 is 1.35 bits per heavy atom. The minimum absolute atomic E-state index is 0.143. The number of halogens is 3. The minimum Gasteiger partial charge on any atom is -0.344 e. The van der Waals surface area contributed by atoms with Crippen LogP contribution in [0.3, 0.4) is 0 Å². The van der Waals surface area contributed by atoms with E-state index in [1.807, 2.05) is 15.4 Å². The monoisotopic (exact) mass is 467 g/mol. The zero-order chi connectivity index (χ0) is 22.2. The molecule has 0 amide bonds. The fourth-order valence-electron chi connectivity index (χ4n) is 3.76. The van der Waals surface area contributed by atoms with Gasteiger partial charge in [0.15, 0.2) is 5.84 Å². The topological polar surface area (TPSA) is 99.3 Å². The Kier molecular flexibility index (Phi) is 6.01. The normalized spacial score (nSPS) is 17.1. The van der Waals surface area contributed by atoms with Crippen molar-refractivity contribution in [3.63, 3.8) is 0 Å². The molecule has 1 saturated carbocycles. The van der Waals surface area contributed by atoms with Crippen LogP contribution in [0.25, 0.3) is 10.9 Å². The maximum absolute atomic E-state index is 12.7. The lowest BCUT2D eigenvalue weighted by Gasteiger charge is -2.30. The van der Waals surface area contributed by atoms with Crippen molar-refractivity contribution in [2.24, 2.45) is 4.99 Å². The number of hydrogen-bond donors (Lipinski definition) is 2. The summed E-state index contributed by atoms with van der Waals surface area (Å²) in [5.41, 5.74) is 1.83. The Labute approximate surface area is 183 Å². The number of rotatable bonds is 7. The number of alkyl halides is 2. The molecule has 2 aliphatic rings. The minimum atomic E-state index is -4.11. The van der Waals surface area contributed by atoms with Crippen molar-refractivity contribution in [1.82, 2.24) is 14.6 Å². The molecule has 1 aromatic carbocycles. The maximum Gasteiger partial charge on any atom is 0.240 e. The van der Waals surface area contributed by atoms with Crippen molar-refractivity contribution in [2.45, 2.75) is 31.3 Å². The average Bonchev–Trinajstić information content (AvgIpc) is 3.04. The molecule has 11 heteroatoms. The van der Waals surface area contributed by atoms with Crippen molar-refractivity contribution >= 4 is 38.4 Å². The summed E-state index contributed by atoms with van der Waals surface area (Å²) in [4.78, 5) is 4.22. The molecule has 0 spiro atoms. The standard InChI is InChI=1S/C20H20ClF2N5O2S/c21-12-4-5-16-17(9-24)19(28(18(16)6-12)14-2-1-3-14)20-25-10-15(11-26-20)31(29,30)27-13(7-22)8-23/h4-6,10,13-14,27H,1-3,7-8,11H2,(H,25,26). The molecule has 0 saturated heterocycles. The molecule has 7 nitrogen and oxygen atoms in total. The van der Waals surface area contributed by atoms with E-state index in [2.05, 4.69) is 16.4 Å². The van der Waals surface area contributed by atoms with Crippen LogP contribution in [0.1, 0.15) is 36.6 Å².